The number of carbonyl (C=O) groups is 2. The molecule has 21 heavy (non-hydrogen) atoms. The van der Waals surface area contributed by atoms with Crippen LogP contribution in [0.15, 0.2) is 12.7 Å². The third-order valence-corrected chi connectivity index (χ3v) is 4.08. The Bertz CT molecular complexity index is 391. The highest BCUT2D eigenvalue weighted by Gasteiger charge is 2.34. The Morgan fingerprint density at radius 2 is 1.86 bits per heavy atom. The first kappa shape index (κ1) is 17.7. The second-order valence-electron chi connectivity index (χ2n) is 6.69. The largest absolute Gasteiger partial charge is 0.388 e. The third kappa shape index (κ3) is 4.84. The summed E-state index contributed by atoms with van der Waals surface area (Å²) in [7, 11) is 0. The van der Waals surface area contributed by atoms with E-state index in [1.165, 1.54) is 6.08 Å². The molecule has 0 aromatic rings. The molecule has 0 unspecified atom stereocenters. The van der Waals surface area contributed by atoms with Crippen molar-refractivity contribution >= 4 is 11.8 Å². The van der Waals surface area contributed by atoms with Crippen LogP contribution in [-0.2, 0) is 9.59 Å². The summed E-state index contributed by atoms with van der Waals surface area (Å²) >= 11 is 0. The molecule has 0 aromatic heterocycles. The van der Waals surface area contributed by atoms with E-state index in [1.807, 2.05) is 13.8 Å². The number of rotatable bonds is 5. The monoisotopic (exact) mass is 296 g/mol. The van der Waals surface area contributed by atoms with E-state index in [0.29, 0.717) is 25.9 Å². The van der Waals surface area contributed by atoms with E-state index in [1.54, 1.807) is 18.7 Å². The first-order valence-corrected chi connectivity index (χ1v) is 7.61. The van der Waals surface area contributed by atoms with Gasteiger partial charge >= 0.3 is 0 Å². The van der Waals surface area contributed by atoms with Crippen LogP contribution in [-0.4, -0.2) is 46.6 Å². The molecule has 2 amide bonds. The molecule has 5 heteroatoms. The number of likely N-dealkylation sites (tertiary alicyclic amines) is 1. The molecule has 0 bridgehead atoms. The second-order valence-corrected chi connectivity index (χ2v) is 6.69. The number of hydrogen-bond donors (Lipinski definition) is 2. The first-order valence-electron chi connectivity index (χ1n) is 7.61. The average molecular weight is 296 g/mol. The number of hydrogen-bond acceptors (Lipinski definition) is 3. The standard InChI is InChI=1S/C16H28N2O3/c1-6-13(19)18-9-7-12(8-10-18)15(20)17-14(11(2)3)16(4,5)21/h6,11-12,14,21H,1,7-10H2,2-5H3,(H,17,20)/t14-/m0/s1. The van der Waals surface area contributed by atoms with Crippen LogP contribution in [0.3, 0.4) is 0 Å². The Hall–Kier alpha value is -1.36. The molecule has 120 valence electrons. The van der Waals surface area contributed by atoms with Crippen LogP contribution < -0.4 is 5.32 Å². The zero-order chi connectivity index (χ0) is 16.2. The van der Waals surface area contributed by atoms with Gasteiger partial charge in [-0.3, -0.25) is 9.59 Å². The van der Waals surface area contributed by atoms with Crippen LogP contribution in [0.4, 0.5) is 0 Å². The summed E-state index contributed by atoms with van der Waals surface area (Å²) in [5.74, 6) is -0.0502. The number of amides is 2. The molecule has 0 aliphatic carbocycles. The third-order valence-electron chi connectivity index (χ3n) is 4.08. The lowest BCUT2D eigenvalue weighted by molar-refractivity contribution is -0.133. The lowest BCUT2D eigenvalue weighted by Crippen LogP contribution is -2.54. The van der Waals surface area contributed by atoms with Crippen LogP contribution in [0.5, 0.6) is 0 Å². The molecule has 1 rings (SSSR count). The van der Waals surface area contributed by atoms with Crippen LogP contribution >= 0.6 is 0 Å². The Kier molecular flexibility index (Phi) is 5.96. The molecule has 1 fully saturated rings. The van der Waals surface area contributed by atoms with E-state index in [2.05, 4.69) is 11.9 Å². The zero-order valence-electron chi connectivity index (χ0n) is 13.6. The molecular weight excluding hydrogens is 268 g/mol. The fourth-order valence-electron chi connectivity index (χ4n) is 2.92. The summed E-state index contributed by atoms with van der Waals surface area (Å²) in [5.41, 5.74) is -0.955. The molecule has 1 saturated heterocycles. The minimum atomic E-state index is -0.955. The molecular formula is C16H28N2O3. The highest BCUT2D eigenvalue weighted by molar-refractivity contribution is 5.87. The number of nitrogens with zero attached hydrogens (tertiary/aromatic N) is 1. The van der Waals surface area contributed by atoms with Crippen LogP contribution in [0.25, 0.3) is 0 Å². The molecule has 0 aromatic carbocycles. The van der Waals surface area contributed by atoms with Gasteiger partial charge in [0.05, 0.1) is 11.6 Å². The predicted octanol–water partition coefficient (Wildman–Crippen LogP) is 1.32. The van der Waals surface area contributed by atoms with Crippen molar-refractivity contribution in [2.24, 2.45) is 11.8 Å². The number of carbonyl (C=O) groups excluding carboxylic acids is 2. The summed E-state index contributed by atoms with van der Waals surface area (Å²) in [6.07, 6.45) is 2.62. The van der Waals surface area contributed by atoms with Crippen LogP contribution in [0.1, 0.15) is 40.5 Å². The lowest BCUT2D eigenvalue weighted by atomic mass is 9.87. The van der Waals surface area contributed by atoms with E-state index in [-0.39, 0.29) is 29.7 Å². The van der Waals surface area contributed by atoms with Crippen molar-refractivity contribution in [1.29, 1.82) is 0 Å². The minimum Gasteiger partial charge on any atom is -0.388 e. The Morgan fingerprint density at radius 1 is 1.33 bits per heavy atom. The maximum atomic E-state index is 12.4. The fourth-order valence-corrected chi connectivity index (χ4v) is 2.92. The molecule has 0 spiro atoms. The van der Waals surface area contributed by atoms with E-state index in [4.69, 9.17) is 0 Å². The van der Waals surface area contributed by atoms with Crippen molar-refractivity contribution in [2.75, 3.05) is 13.1 Å². The fraction of sp³-hybridized carbons (Fsp3) is 0.750. The molecule has 1 aliphatic heterocycles. The number of nitrogens with one attached hydrogen (secondary N) is 1. The maximum absolute atomic E-state index is 12.4. The molecule has 5 nitrogen and oxygen atoms in total. The molecule has 1 aliphatic rings. The van der Waals surface area contributed by atoms with Crippen molar-refractivity contribution in [2.45, 2.75) is 52.2 Å². The van der Waals surface area contributed by atoms with E-state index >= 15 is 0 Å². The molecule has 0 radical (unpaired) electrons. The lowest BCUT2D eigenvalue weighted by Gasteiger charge is -2.36. The van der Waals surface area contributed by atoms with Gasteiger partial charge in [-0.15, -0.1) is 0 Å². The van der Waals surface area contributed by atoms with E-state index < -0.39 is 5.60 Å². The summed E-state index contributed by atoms with van der Waals surface area (Å²) in [6, 6.07) is -0.280. The van der Waals surface area contributed by atoms with E-state index in [9.17, 15) is 14.7 Å². The van der Waals surface area contributed by atoms with Gasteiger partial charge in [0.2, 0.25) is 11.8 Å². The predicted molar refractivity (Wildman–Crippen MR) is 82.6 cm³/mol. The Morgan fingerprint density at radius 3 is 2.24 bits per heavy atom. The smallest absolute Gasteiger partial charge is 0.245 e. The van der Waals surface area contributed by atoms with Crippen molar-refractivity contribution in [3.63, 3.8) is 0 Å². The number of aliphatic hydroxyl groups is 1. The van der Waals surface area contributed by atoms with Gasteiger partial charge in [0, 0.05) is 19.0 Å². The summed E-state index contributed by atoms with van der Waals surface area (Å²) in [6.45, 7) is 12.0. The van der Waals surface area contributed by atoms with Gasteiger partial charge in [-0.05, 0) is 38.7 Å². The van der Waals surface area contributed by atoms with Crippen molar-refractivity contribution in [3.8, 4) is 0 Å². The van der Waals surface area contributed by atoms with Gasteiger partial charge in [-0.1, -0.05) is 20.4 Å². The quantitative estimate of drug-likeness (QED) is 0.752. The topological polar surface area (TPSA) is 69.6 Å². The normalized spacial score (nSPS) is 18.5. The van der Waals surface area contributed by atoms with Gasteiger partial charge < -0.3 is 15.3 Å². The summed E-state index contributed by atoms with van der Waals surface area (Å²) in [4.78, 5) is 25.6. The number of piperidine rings is 1. The average Bonchev–Trinajstić information content (AvgIpc) is 2.42. The Balaban J connectivity index is 2.58. The van der Waals surface area contributed by atoms with Gasteiger partial charge in [-0.25, -0.2) is 0 Å². The van der Waals surface area contributed by atoms with Crippen molar-refractivity contribution in [1.82, 2.24) is 10.2 Å². The van der Waals surface area contributed by atoms with Gasteiger partial charge in [0.15, 0.2) is 0 Å². The van der Waals surface area contributed by atoms with Gasteiger partial charge in [0.25, 0.3) is 0 Å². The van der Waals surface area contributed by atoms with Gasteiger partial charge in [0.1, 0.15) is 0 Å². The Labute approximate surface area is 127 Å². The summed E-state index contributed by atoms with van der Waals surface area (Å²) < 4.78 is 0. The molecule has 2 N–H and O–H groups in total. The highest BCUT2D eigenvalue weighted by atomic mass is 16.3. The van der Waals surface area contributed by atoms with Crippen molar-refractivity contribution in [3.05, 3.63) is 12.7 Å². The van der Waals surface area contributed by atoms with E-state index in [0.717, 1.165) is 0 Å². The molecule has 1 heterocycles. The summed E-state index contributed by atoms with van der Waals surface area (Å²) in [5, 5.41) is 13.1. The zero-order valence-corrected chi connectivity index (χ0v) is 13.6. The van der Waals surface area contributed by atoms with Crippen molar-refractivity contribution < 1.29 is 14.7 Å². The van der Waals surface area contributed by atoms with Crippen LogP contribution in [0.2, 0.25) is 0 Å². The van der Waals surface area contributed by atoms with Crippen LogP contribution in [0, 0.1) is 11.8 Å². The first-order chi connectivity index (χ1) is 9.66. The molecule has 1 atom stereocenters. The molecule has 0 saturated carbocycles. The maximum Gasteiger partial charge on any atom is 0.245 e. The minimum absolute atomic E-state index is 0.0264. The highest BCUT2D eigenvalue weighted by Crippen LogP contribution is 2.21. The second kappa shape index (κ2) is 7.07. The SMILES string of the molecule is C=CC(=O)N1CCC(C(=O)N[C@@H](C(C)C)C(C)(C)O)CC1. The van der Waals surface area contributed by atoms with Gasteiger partial charge in [-0.2, -0.15) is 0 Å².